The third-order valence-corrected chi connectivity index (χ3v) is 6.48. The summed E-state index contributed by atoms with van der Waals surface area (Å²) >= 11 is 0. The molecule has 2 aromatic rings. The van der Waals surface area contributed by atoms with Gasteiger partial charge in [0.05, 0.1) is 30.9 Å². The lowest BCUT2D eigenvalue weighted by Crippen LogP contribution is -2.47. The number of anilines is 2. The van der Waals surface area contributed by atoms with Gasteiger partial charge in [0.2, 0.25) is 5.91 Å². The van der Waals surface area contributed by atoms with Gasteiger partial charge in [0, 0.05) is 25.3 Å². The summed E-state index contributed by atoms with van der Waals surface area (Å²) in [5, 5.41) is 3.00. The molecule has 8 nitrogen and oxygen atoms in total. The largest absolute Gasteiger partial charge is 0.497 e. The Kier molecular flexibility index (Phi) is 9.09. The lowest BCUT2D eigenvalue weighted by molar-refractivity contribution is -0.117. The van der Waals surface area contributed by atoms with Crippen molar-refractivity contribution in [2.45, 2.75) is 59.0 Å². The van der Waals surface area contributed by atoms with Crippen LogP contribution in [0, 0.1) is 5.92 Å². The Morgan fingerprint density at radius 2 is 1.83 bits per heavy atom. The smallest absolute Gasteiger partial charge is 0.253 e. The molecule has 1 aliphatic carbocycles. The monoisotopic (exact) mass is 481 g/mol. The number of nitrogens with two attached hydrogens (primary N) is 1. The van der Waals surface area contributed by atoms with E-state index >= 15 is 0 Å². The van der Waals surface area contributed by atoms with E-state index in [0.717, 1.165) is 42.4 Å². The van der Waals surface area contributed by atoms with Crippen molar-refractivity contribution in [1.82, 2.24) is 10.3 Å². The summed E-state index contributed by atoms with van der Waals surface area (Å²) < 4.78 is 5.18. The Morgan fingerprint density at radius 1 is 1.17 bits per heavy atom. The van der Waals surface area contributed by atoms with Gasteiger partial charge in [0.1, 0.15) is 5.75 Å². The second-order valence-corrected chi connectivity index (χ2v) is 9.51. The van der Waals surface area contributed by atoms with Gasteiger partial charge in [-0.15, -0.1) is 0 Å². The minimum Gasteiger partial charge on any atom is -0.497 e. The van der Waals surface area contributed by atoms with E-state index in [1.54, 1.807) is 24.3 Å². The van der Waals surface area contributed by atoms with E-state index in [2.05, 4.69) is 36.0 Å². The predicted molar refractivity (Wildman–Crippen MR) is 140 cm³/mol. The van der Waals surface area contributed by atoms with Crippen LogP contribution in [0.3, 0.4) is 0 Å². The summed E-state index contributed by atoms with van der Waals surface area (Å²) in [5.74, 6) is 2.00. The first-order chi connectivity index (χ1) is 16.8. The lowest BCUT2D eigenvalue weighted by atomic mass is 10.1. The molecule has 1 aromatic heterocycles. The summed E-state index contributed by atoms with van der Waals surface area (Å²) in [6, 6.07) is 9.60. The summed E-state index contributed by atoms with van der Waals surface area (Å²) in [6.07, 6.45) is 5.15. The van der Waals surface area contributed by atoms with Crippen LogP contribution in [0.5, 0.6) is 5.75 Å². The fourth-order valence-electron chi connectivity index (χ4n) is 3.79. The standard InChI is InChI=1S/C22H27N5O3.C5H12/c1-14(15-3-7-18(30-2)8-4-15)25-22(29)16-11-19-21(24-13-16)26(17-5-6-17)9-10-27(19)20(28)12-23;1-4-5(2)3/h3-4,7-8,11,13-14,17H,5-6,9-10,12,23H2,1-2H3,(H,25,29);5H,4H2,1-3H3/t14-;/m0./s1. The average Bonchev–Trinajstić information content (AvgIpc) is 3.73. The molecule has 0 bridgehead atoms. The van der Waals surface area contributed by atoms with Crippen molar-refractivity contribution in [3.05, 3.63) is 47.7 Å². The molecular formula is C27H39N5O3. The van der Waals surface area contributed by atoms with Gasteiger partial charge in [-0.2, -0.15) is 0 Å². The number of nitrogens with one attached hydrogen (secondary N) is 1. The first kappa shape index (κ1) is 26.5. The zero-order chi connectivity index (χ0) is 25.5. The van der Waals surface area contributed by atoms with Crippen LogP contribution < -0.4 is 25.6 Å². The Hall–Kier alpha value is -3.13. The highest BCUT2D eigenvalue weighted by atomic mass is 16.5. The SMILES string of the molecule is CCC(C)C.COc1ccc([C@H](C)NC(=O)c2cnc3c(c2)N(C(=O)CN)CCN3C2CC2)cc1. The molecule has 35 heavy (non-hydrogen) atoms. The molecule has 0 unspecified atom stereocenters. The zero-order valence-corrected chi connectivity index (χ0v) is 21.6. The third-order valence-electron chi connectivity index (χ3n) is 6.48. The van der Waals surface area contributed by atoms with Crippen LogP contribution in [-0.2, 0) is 4.79 Å². The second-order valence-electron chi connectivity index (χ2n) is 9.51. The minimum atomic E-state index is -0.239. The van der Waals surface area contributed by atoms with E-state index in [4.69, 9.17) is 10.5 Å². The van der Waals surface area contributed by atoms with Crippen molar-refractivity contribution in [3.63, 3.8) is 0 Å². The molecule has 4 rings (SSSR count). The van der Waals surface area contributed by atoms with Crippen LogP contribution in [0.25, 0.3) is 0 Å². The highest BCUT2D eigenvalue weighted by molar-refractivity contribution is 6.01. The number of ether oxygens (including phenoxy) is 1. The van der Waals surface area contributed by atoms with Gasteiger partial charge in [-0.3, -0.25) is 9.59 Å². The molecule has 1 aliphatic heterocycles. The van der Waals surface area contributed by atoms with Crippen molar-refractivity contribution in [3.8, 4) is 5.75 Å². The van der Waals surface area contributed by atoms with Crippen molar-refractivity contribution >= 4 is 23.3 Å². The third kappa shape index (κ3) is 6.72. The summed E-state index contributed by atoms with van der Waals surface area (Å²) in [5.41, 5.74) is 7.65. The first-order valence-electron chi connectivity index (χ1n) is 12.5. The number of hydrogen-bond donors (Lipinski definition) is 2. The van der Waals surface area contributed by atoms with E-state index in [9.17, 15) is 9.59 Å². The fraction of sp³-hybridized carbons (Fsp3) is 0.519. The average molecular weight is 482 g/mol. The molecule has 0 spiro atoms. The van der Waals surface area contributed by atoms with Crippen LogP contribution in [-0.4, -0.2) is 49.6 Å². The maximum absolute atomic E-state index is 12.9. The zero-order valence-electron chi connectivity index (χ0n) is 21.6. The Labute approximate surface area is 208 Å². The fourth-order valence-corrected chi connectivity index (χ4v) is 3.79. The van der Waals surface area contributed by atoms with Gasteiger partial charge < -0.3 is 25.6 Å². The van der Waals surface area contributed by atoms with E-state index in [1.165, 1.54) is 6.42 Å². The number of carbonyl (C=O) groups excluding carboxylic acids is 2. The number of benzene rings is 1. The molecule has 3 N–H and O–H groups in total. The molecule has 2 aliphatic rings. The normalized spacial score (nSPS) is 15.6. The molecule has 0 radical (unpaired) electrons. The quantitative estimate of drug-likeness (QED) is 0.622. The molecule has 2 amide bonds. The number of aromatic nitrogens is 1. The van der Waals surface area contributed by atoms with Crippen molar-refractivity contribution < 1.29 is 14.3 Å². The molecule has 190 valence electrons. The number of nitrogens with zero attached hydrogens (tertiary/aromatic N) is 3. The van der Waals surface area contributed by atoms with Crippen LogP contribution in [0.1, 0.15) is 68.9 Å². The minimum absolute atomic E-state index is 0.0756. The first-order valence-corrected chi connectivity index (χ1v) is 12.5. The van der Waals surface area contributed by atoms with Crippen molar-refractivity contribution in [1.29, 1.82) is 0 Å². The molecule has 0 saturated heterocycles. The number of hydrogen-bond acceptors (Lipinski definition) is 6. The topological polar surface area (TPSA) is 101 Å². The van der Waals surface area contributed by atoms with Gasteiger partial charge in [-0.1, -0.05) is 39.3 Å². The number of methoxy groups -OCH3 is 1. The van der Waals surface area contributed by atoms with Crippen LogP contribution in [0.15, 0.2) is 36.5 Å². The number of amides is 2. The van der Waals surface area contributed by atoms with Gasteiger partial charge in [0.25, 0.3) is 5.91 Å². The van der Waals surface area contributed by atoms with E-state index in [1.807, 2.05) is 31.2 Å². The second kappa shape index (κ2) is 12.0. The molecule has 1 fully saturated rings. The lowest BCUT2D eigenvalue weighted by Gasteiger charge is -2.37. The Morgan fingerprint density at radius 3 is 2.37 bits per heavy atom. The van der Waals surface area contributed by atoms with Crippen LogP contribution in [0.2, 0.25) is 0 Å². The van der Waals surface area contributed by atoms with Crippen molar-refractivity contribution in [2.75, 3.05) is 36.5 Å². The van der Waals surface area contributed by atoms with Gasteiger partial charge >= 0.3 is 0 Å². The van der Waals surface area contributed by atoms with E-state index in [0.29, 0.717) is 23.8 Å². The van der Waals surface area contributed by atoms with Gasteiger partial charge in [0.15, 0.2) is 5.82 Å². The predicted octanol–water partition coefficient (Wildman–Crippen LogP) is 3.91. The summed E-state index contributed by atoms with van der Waals surface area (Å²) in [4.78, 5) is 33.7. The summed E-state index contributed by atoms with van der Waals surface area (Å²) in [6.45, 7) is 9.77. The van der Waals surface area contributed by atoms with Crippen LogP contribution >= 0.6 is 0 Å². The van der Waals surface area contributed by atoms with E-state index in [-0.39, 0.29) is 24.4 Å². The number of pyridine rings is 1. The number of fused-ring (bicyclic) bond motifs is 1. The molecule has 1 atom stereocenters. The molecular weight excluding hydrogens is 442 g/mol. The maximum atomic E-state index is 12.9. The van der Waals surface area contributed by atoms with Crippen LogP contribution in [0.4, 0.5) is 11.5 Å². The van der Waals surface area contributed by atoms with Gasteiger partial charge in [-0.25, -0.2) is 4.98 Å². The Balaban J connectivity index is 0.000000623. The maximum Gasteiger partial charge on any atom is 0.253 e. The molecule has 8 heteroatoms. The Bertz CT molecular complexity index is 1000. The molecule has 1 saturated carbocycles. The highest BCUT2D eigenvalue weighted by Crippen LogP contribution is 2.39. The number of carbonyl (C=O) groups is 2. The molecule has 1 aromatic carbocycles. The molecule has 2 heterocycles. The van der Waals surface area contributed by atoms with Crippen molar-refractivity contribution in [2.24, 2.45) is 11.7 Å². The summed E-state index contributed by atoms with van der Waals surface area (Å²) in [7, 11) is 1.62. The highest BCUT2D eigenvalue weighted by Gasteiger charge is 2.36. The van der Waals surface area contributed by atoms with Gasteiger partial charge in [-0.05, 0) is 49.4 Å². The van der Waals surface area contributed by atoms with E-state index < -0.39 is 0 Å². The number of rotatable bonds is 7.